The highest BCUT2D eigenvalue weighted by molar-refractivity contribution is 5.33. The lowest BCUT2D eigenvalue weighted by atomic mass is 9.68. The fourth-order valence-corrected chi connectivity index (χ4v) is 3.43. The van der Waals surface area contributed by atoms with Gasteiger partial charge in [0.25, 0.3) is 0 Å². The number of aryl methyl sites for hydroxylation is 1. The standard InChI is InChI=1S/C14H18.C3H9N/c1-3-7-13-11(5-1)9-10-12-6-2-4-8-14(12)13;1-3-4-2/h1,3,5,7,12,14H,2,4,6,8-10H2;4H,3H2,1-2H3. The molecule has 2 aliphatic carbocycles. The summed E-state index contributed by atoms with van der Waals surface area (Å²) in [7, 11) is 1.93. The topological polar surface area (TPSA) is 12.0 Å². The molecule has 1 heteroatoms. The quantitative estimate of drug-likeness (QED) is 0.784. The average Bonchev–Trinajstić information content (AvgIpc) is 2.47. The largest absolute Gasteiger partial charge is 0.320 e. The van der Waals surface area contributed by atoms with E-state index in [0.717, 1.165) is 18.4 Å². The molecule has 0 bridgehead atoms. The lowest BCUT2D eigenvalue weighted by Gasteiger charge is -2.37. The van der Waals surface area contributed by atoms with Gasteiger partial charge in [-0.1, -0.05) is 44.0 Å². The molecular weight excluding hydrogens is 218 g/mol. The van der Waals surface area contributed by atoms with Gasteiger partial charge in [0.05, 0.1) is 0 Å². The maximum Gasteiger partial charge on any atom is -0.00804 e. The molecule has 100 valence electrons. The van der Waals surface area contributed by atoms with Crippen molar-refractivity contribution >= 4 is 0 Å². The number of rotatable bonds is 1. The SMILES string of the molecule is CCNC.c1ccc2c(c1)CCC1CCCCC21. The number of benzene rings is 1. The maximum absolute atomic E-state index is 2.93. The number of hydrogen-bond donors (Lipinski definition) is 1. The van der Waals surface area contributed by atoms with Crippen molar-refractivity contribution in [3.63, 3.8) is 0 Å². The third-order valence-corrected chi connectivity index (χ3v) is 4.50. The summed E-state index contributed by atoms with van der Waals surface area (Å²) in [5.41, 5.74) is 3.32. The third kappa shape index (κ3) is 3.14. The normalized spacial score (nSPS) is 25.4. The molecule has 1 aromatic rings. The Morgan fingerprint density at radius 2 is 1.83 bits per heavy atom. The Morgan fingerprint density at radius 1 is 1.11 bits per heavy atom. The smallest absolute Gasteiger partial charge is 0.00804 e. The number of hydrogen-bond acceptors (Lipinski definition) is 1. The van der Waals surface area contributed by atoms with E-state index >= 15 is 0 Å². The molecule has 0 amide bonds. The summed E-state index contributed by atoms with van der Waals surface area (Å²) < 4.78 is 0. The van der Waals surface area contributed by atoms with Crippen LogP contribution in [0.1, 0.15) is 56.1 Å². The first-order valence-corrected chi connectivity index (χ1v) is 7.59. The summed E-state index contributed by atoms with van der Waals surface area (Å²) in [5.74, 6) is 1.92. The van der Waals surface area contributed by atoms with Crippen LogP contribution in [0.3, 0.4) is 0 Å². The number of nitrogens with one attached hydrogen (secondary N) is 1. The Labute approximate surface area is 112 Å². The van der Waals surface area contributed by atoms with Crippen molar-refractivity contribution in [3.8, 4) is 0 Å². The monoisotopic (exact) mass is 245 g/mol. The molecule has 1 N–H and O–H groups in total. The molecule has 0 aliphatic heterocycles. The summed E-state index contributed by atoms with van der Waals surface area (Å²) in [6.45, 7) is 3.14. The molecule has 1 fully saturated rings. The van der Waals surface area contributed by atoms with E-state index in [1.54, 1.807) is 11.1 Å². The average molecular weight is 245 g/mol. The van der Waals surface area contributed by atoms with Crippen LogP contribution in [0.4, 0.5) is 0 Å². The minimum Gasteiger partial charge on any atom is -0.320 e. The van der Waals surface area contributed by atoms with Crippen molar-refractivity contribution in [1.29, 1.82) is 0 Å². The molecule has 18 heavy (non-hydrogen) atoms. The number of fused-ring (bicyclic) bond motifs is 3. The summed E-state index contributed by atoms with van der Waals surface area (Å²) >= 11 is 0. The molecule has 3 rings (SSSR count). The molecule has 0 radical (unpaired) electrons. The molecule has 2 aliphatic rings. The molecule has 1 aromatic carbocycles. The van der Waals surface area contributed by atoms with Crippen LogP contribution in [0.2, 0.25) is 0 Å². The van der Waals surface area contributed by atoms with Gasteiger partial charge in [0, 0.05) is 0 Å². The highest BCUT2D eigenvalue weighted by Gasteiger charge is 2.30. The van der Waals surface area contributed by atoms with Gasteiger partial charge in [-0.2, -0.15) is 0 Å². The van der Waals surface area contributed by atoms with Gasteiger partial charge in [0.1, 0.15) is 0 Å². The van der Waals surface area contributed by atoms with Gasteiger partial charge in [-0.25, -0.2) is 0 Å². The predicted molar refractivity (Wildman–Crippen MR) is 79.1 cm³/mol. The zero-order valence-corrected chi connectivity index (χ0v) is 11.9. The van der Waals surface area contributed by atoms with Crippen LogP contribution in [0.15, 0.2) is 24.3 Å². The molecule has 1 saturated carbocycles. The molecule has 0 spiro atoms. The van der Waals surface area contributed by atoms with E-state index in [0.29, 0.717) is 0 Å². The van der Waals surface area contributed by atoms with Gasteiger partial charge >= 0.3 is 0 Å². The van der Waals surface area contributed by atoms with E-state index in [4.69, 9.17) is 0 Å². The van der Waals surface area contributed by atoms with E-state index in [1.807, 2.05) is 7.05 Å². The van der Waals surface area contributed by atoms with Gasteiger partial charge in [0.15, 0.2) is 0 Å². The molecule has 0 saturated heterocycles. The van der Waals surface area contributed by atoms with E-state index in [1.165, 1.54) is 38.5 Å². The Hall–Kier alpha value is -0.820. The van der Waals surface area contributed by atoms with Gasteiger partial charge < -0.3 is 5.32 Å². The summed E-state index contributed by atoms with van der Waals surface area (Å²) in [6, 6.07) is 9.12. The lowest BCUT2D eigenvalue weighted by Crippen LogP contribution is -2.23. The van der Waals surface area contributed by atoms with Crippen LogP contribution >= 0.6 is 0 Å². The highest BCUT2D eigenvalue weighted by Crippen LogP contribution is 2.44. The van der Waals surface area contributed by atoms with Crippen molar-refractivity contribution in [3.05, 3.63) is 35.4 Å². The predicted octanol–water partition coefficient (Wildman–Crippen LogP) is 4.13. The van der Waals surface area contributed by atoms with Crippen LogP contribution in [-0.4, -0.2) is 13.6 Å². The van der Waals surface area contributed by atoms with Gasteiger partial charge in [-0.05, 0) is 62.2 Å². The van der Waals surface area contributed by atoms with Crippen molar-refractivity contribution < 1.29 is 0 Å². The first kappa shape index (κ1) is 13.6. The molecule has 2 atom stereocenters. The van der Waals surface area contributed by atoms with Gasteiger partial charge in [-0.15, -0.1) is 0 Å². The second-order valence-electron chi connectivity index (χ2n) is 5.60. The Morgan fingerprint density at radius 3 is 2.61 bits per heavy atom. The highest BCUT2D eigenvalue weighted by atomic mass is 14.8. The summed E-state index contributed by atoms with van der Waals surface area (Å²) in [4.78, 5) is 0. The zero-order valence-electron chi connectivity index (χ0n) is 11.9. The Balaban J connectivity index is 0.000000267. The van der Waals surface area contributed by atoms with Crippen molar-refractivity contribution in [2.24, 2.45) is 5.92 Å². The van der Waals surface area contributed by atoms with E-state index < -0.39 is 0 Å². The second-order valence-corrected chi connectivity index (χ2v) is 5.60. The first-order valence-electron chi connectivity index (χ1n) is 7.59. The molecule has 0 heterocycles. The summed E-state index contributed by atoms with van der Waals surface area (Å²) in [5, 5.41) is 2.93. The molecule has 1 nitrogen and oxygen atoms in total. The Bertz CT molecular complexity index is 356. The van der Waals surface area contributed by atoms with E-state index in [-0.39, 0.29) is 0 Å². The minimum atomic E-state index is 0.911. The fraction of sp³-hybridized carbons (Fsp3) is 0.647. The fourth-order valence-electron chi connectivity index (χ4n) is 3.43. The van der Waals surface area contributed by atoms with Crippen LogP contribution in [0, 0.1) is 5.92 Å². The summed E-state index contributed by atoms with van der Waals surface area (Å²) in [6.07, 6.45) is 8.64. The Kier molecular flexibility index (Phi) is 5.25. The first-order chi connectivity index (χ1) is 8.86. The van der Waals surface area contributed by atoms with Crippen LogP contribution < -0.4 is 5.32 Å². The lowest BCUT2D eigenvalue weighted by molar-refractivity contribution is 0.275. The van der Waals surface area contributed by atoms with Crippen molar-refractivity contribution in [2.75, 3.05) is 13.6 Å². The minimum absolute atomic E-state index is 0.911. The van der Waals surface area contributed by atoms with Crippen LogP contribution in [0.25, 0.3) is 0 Å². The van der Waals surface area contributed by atoms with Crippen molar-refractivity contribution in [1.82, 2.24) is 5.32 Å². The molecule has 2 unspecified atom stereocenters. The van der Waals surface area contributed by atoms with Crippen LogP contribution in [0.5, 0.6) is 0 Å². The van der Waals surface area contributed by atoms with Crippen molar-refractivity contribution in [2.45, 2.75) is 51.4 Å². The third-order valence-electron chi connectivity index (χ3n) is 4.50. The van der Waals surface area contributed by atoms with E-state index in [2.05, 4.69) is 36.5 Å². The second kappa shape index (κ2) is 6.94. The maximum atomic E-state index is 2.93. The van der Waals surface area contributed by atoms with E-state index in [9.17, 15) is 0 Å². The molecular formula is C17H27N. The van der Waals surface area contributed by atoms with Gasteiger partial charge in [-0.3, -0.25) is 0 Å². The van der Waals surface area contributed by atoms with Crippen LogP contribution in [-0.2, 0) is 6.42 Å². The van der Waals surface area contributed by atoms with Gasteiger partial charge in [0.2, 0.25) is 0 Å². The zero-order chi connectivity index (χ0) is 12.8. The molecule has 0 aromatic heterocycles.